The number of hydrogen-bond acceptors (Lipinski definition) is 3. The molecule has 0 atom stereocenters. The van der Waals surface area contributed by atoms with Gasteiger partial charge in [0.25, 0.3) is 0 Å². The van der Waals surface area contributed by atoms with Crippen LogP contribution in [0.4, 0.5) is 0 Å². The Morgan fingerprint density at radius 2 is 2.05 bits per heavy atom. The van der Waals surface area contributed by atoms with E-state index in [1.807, 2.05) is 13.0 Å². The Hall–Kier alpha value is -0.970. The van der Waals surface area contributed by atoms with Crippen LogP contribution in [0.5, 0.6) is 5.75 Å². The van der Waals surface area contributed by atoms with E-state index in [2.05, 4.69) is 24.5 Å². The summed E-state index contributed by atoms with van der Waals surface area (Å²) in [5.41, 5.74) is 0.886. The Balaban J connectivity index is 2.72. The average molecular weight is 333 g/mol. The van der Waals surface area contributed by atoms with Crippen LogP contribution in [0, 0.1) is 0 Å². The van der Waals surface area contributed by atoms with Gasteiger partial charge in [0.15, 0.2) is 0 Å². The van der Waals surface area contributed by atoms with Crippen LogP contribution in [0.1, 0.15) is 32.8 Å². The molecule has 4 nitrogen and oxygen atoms in total. The first kappa shape index (κ1) is 18.1. The molecule has 1 aromatic rings. The van der Waals surface area contributed by atoms with Crippen molar-refractivity contribution in [3.05, 3.63) is 27.7 Å². The number of nitrogens with one attached hydrogen (secondary N) is 2. The molecule has 0 heterocycles. The van der Waals surface area contributed by atoms with Crippen molar-refractivity contribution in [1.29, 1.82) is 0 Å². The molecule has 6 heteroatoms. The molecule has 0 bridgehead atoms. The zero-order valence-electron chi connectivity index (χ0n) is 12.6. The minimum Gasteiger partial charge on any atom is -0.491 e. The number of halogens is 2. The zero-order chi connectivity index (χ0) is 15.8. The molecular formula is C15H22Cl2N2O2. The molecule has 0 fully saturated rings. The van der Waals surface area contributed by atoms with Crippen LogP contribution in [0.25, 0.3) is 0 Å². The van der Waals surface area contributed by atoms with Crippen molar-refractivity contribution in [2.75, 3.05) is 13.2 Å². The lowest BCUT2D eigenvalue weighted by Gasteiger charge is -2.15. The van der Waals surface area contributed by atoms with Gasteiger partial charge >= 0.3 is 0 Å². The monoisotopic (exact) mass is 332 g/mol. The highest BCUT2D eigenvalue weighted by Crippen LogP contribution is 2.32. The number of rotatable bonds is 8. The van der Waals surface area contributed by atoms with Crippen LogP contribution in [0.2, 0.25) is 10.0 Å². The van der Waals surface area contributed by atoms with E-state index < -0.39 is 0 Å². The smallest absolute Gasteiger partial charge is 0.223 e. The summed E-state index contributed by atoms with van der Waals surface area (Å²) in [4.78, 5) is 11.4. The molecule has 0 radical (unpaired) electrons. The predicted molar refractivity (Wildman–Crippen MR) is 87.2 cm³/mol. The number of benzene rings is 1. The molecule has 1 rings (SSSR count). The second-order valence-electron chi connectivity index (χ2n) is 4.96. The molecule has 21 heavy (non-hydrogen) atoms. The molecule has 2 N–H and O–H groups in total. The van der Waals surface area contributed by atoms with Crippen molar-refractivity contribution in [2.24, 2.45) is 0 Å². The molecule has 0 saturated heterocycles. The lowest BCUT2D eigenvalue weighted by molar-refractivity contribution is -0.121. The van der Waals surface area contributed by atoms with Gasteiger partial charge in [-0.2, -0.15) is 0 Å². The van der Waals surface area contributed by atoms with E-state index in [9.17, 15) is 4.79 Å². The van der Waals surface area contributed by atoms with E-state index in [4.69, 9.17) is 27.9 Å². The van der Waals surface area contributed by atoms with Crippen LogP contribution in [-0.2, 0) is 11.3 Å². The van der Waals surface area contributed by atoms with Crippen molar-refractivity contribution < 1.29 is 9.53 Å². The maximum atomic E-state index is 11.4. The highest BCUT2D eigenvalue weighted by molar-refractivity contribution is 6.35. The number of carbonyl (C=O) groups is 1. The number of hydrogen-bond donors (Lipinski definition) is 2. The molecule has 0 saturated carbocycles. The fourth-order valence-corrected chi connectivity index (χ4v) is 2.34. The summed E-state index contributed by atoms with van der Waals surface area (Å²) in [7, 11) is 0. The first-order chi connectivity index (χ1) is 9.93. The summed E-state index contributed by atoms with van der Waals surface area (Å²) in [6.45, 7) is 7.49. The summed E-state index contributed by atoms with van der Waals surface area (Å²) in [5, 5.41) is 7.05. The van der Waals surface area contributed by atoms with E-state index in [-0.39, 0.29) is 12.5 Å². The fourth-order valence-electron chi connectivity index (χ4n) is 1.75. The molecule has 1 aromatic carbocycles. The summed E-state index contributed by atoms with van der Waals surface area (Å²) in [5.74, 6) is 0.544. The number of amides is 1. The summed E-state index contributed by atoms with van der Waals surface area (Å²) >= 11 is 12.2. The van der Waals surface area contributed by atoms with Crippen LogP contribution in [0.15, 0.2) is 12.1 Å². The lowest BCUT2D eigenvalue weighted by Crippen LogP contribution is -2.25. The van der Waals surface area contributed by atoms with Gasteiger partial charge in [0, 0.05) is 29.7 Å². The van der Waals surface area contributed by atoms with Crippen LogP contribution >= 0.6 is 23.2 Å². The number of ether oxygens (including phenoxy) is 1. The third-order valence-corrected chi connectivity index (χ3v) is 3.23. The number of carbonyl (C=O) groups excluding carboxylic acids is 1. The van der Waals surface area contributed by atoms with Gasteiger partial charge in [-0.1, -0.05) is 37.0 Å². The van der Waals surface area contributed by atoms with Crippen molar-refractivity contribution in [1.82, 2.24) is 10.6 Å². The van der Waals surface area contributed by atoms with Crippen LogP contribution < -0.4 is 15.4 Å². The first-order valence-corrected chi connectivity index (χ1v) is 7.80. The van der Waals surface area contributed by atoms with Crippen molar-refractivity contribution in [2.45, 2.75) is 39.8 Å². The van der Waals surface area contributed by atoms with Gasteiger partial charge in [0.1, 0.15) is 5.75 Å². The van der Waals surface area contributed by atoms with Crippen molar-refractivity contribution in [3.8, 4) is 5.75 Å². The van der Waals surface area contributed by atoms with E-state index in [1.54, 1.807) is 6.07 Å². The Bertz CT molecular complexity index is 479. The topological polar surface area (TPSA) is 50.4 Å². The maximum absolute atomic E-state index is 11.4. The Kier molecular flexibility index (Phi) is 7.86. The molecule has 0 aliphatic heterocycles. The molecule has 0 aromatic heterocycles. The van der Waals surface area contributed by atoms with Crippen molar-refractivity contribution in [3.63, 3.8) is 0 Å². The zero-order valence-corrected chi connectivity index (χ0v) is 14.1. The second kappa shape index (κ2) is 9.13. The molecule has 118 valence electrons. The minimum absolute atomic E-state index is 0.0376. The fraction of sp³-hybridized carbons (Fsp3) is 0.533. The Labute approximate surface area is 136 Å². The summed E-state index contributed by atoms with van der Waals surface area (Å²) in [6.07, 6.45) is 0.295. The van der Waals surface area contributed by atoms with Gasteiger partial charge in [0.05, 0.1) is 18.1 Å². The Morgan fingerprint density at radius 3 is 2.67 bits per heavy atom. The molecule has 0 unspecified atom stereocenters. The van der Waals surface area contributed by atoms with Gasteiger partial charge in [-0.15, -0.1) is 0 Å². The average Bonchev–Trinajstić information content (AvgIpc) is 2.39. The summed E-state index contributed by atoms with van der Waals surface area (Å²) in [6, 6.07) is 3.80. The normalized spacial score (nSPS) is 10.8. The van der Waals surface area contributed by atoms with Gasteiger partial charge in [-0.25, -0.2) is 0 Å². The van der Waals surface area contributed by atoms with Crippen molar-refractivity contribution >= 4 is 29.1 Å². The minimum atomic E-state index is -0.0376. The van der Waals surface area contributed by atoms with E-state index >= 15 is 0 Å². The third-order valence-electron chi connectivity index (χ3n) is 2.74. The summed E-state index contributed by atoms with van der Waals surface area (Å²) < 4.78 is 5.68. The van der Waals surface area contributed by atoms with E-state index in [1.165, 1.54) is 0 Å². The van der Waals surface area contributed by atoms with Crippen LogP contribution in [0.3, 0.4) is 0 Å². The van der Waals surface area contributed by atoms with Gasteiger partial charge < -0.3 is 15.4 Å². The van der Waals surface area contributed by atoms with Crippen LogP contribution in [-0.4, -0.2) is 25.1 Å². The largest absolute Gasteiger partial charge is 0.491 e. The Morgan fingerprint density at radius 1 is 1.33 bits per heavy atom. The second-order valence-corrected chi connectivity index (χ2v) is 5.81. The van der Waals surface area contributed by atoms with Gasteiger partial charge in [-0.05, 0) is 19.1 Å². The SMILES string of the molecule is CCNC(=O)CCOc1c(Cl)cc(Cl)cc1CNC(C)C. The van der Waals surface area contributed by atoms with E-state index in [0.29, 0.717) is 41.3 Å². The van der Waals surface area contributed by atoms with E-state index in [0.717, 1.165) is 5.56 Å². The third kappa shape index (κ3) is 6.55. The standard InChI is InChI=1S/C15H22Cl2N2O2/c1-4-18-14(20)5-6-21-15-11(9-19-10(2)3)7-12(16)8-13(15)17/h7-8,10,19H,4-6,9H2,1-3H3,(H,18,20). The maximum Gasteiger partial charge on any atom is 0.223 e. The highest BCUT2D eigenvalue weighted by atomic mass is 35.5. The predicted octanol–water partition coefficient (Wildman–Crippen LogP) is 3.40. The highest BCUT2D eigenvalue weighted by Gasteiger charge is 2.12. The quantitative estimate of drug-likeness (QED) is 0.767. The molecule has 1 amide bonds. The van der Waals surface area contributed by atoms with Gasteiger partial charge in [0.2, 0.25) is 5.91 Å². The lowest BCUT2D eigenvalue weighted by atomic mass is 10.2. The first-order valence-electron chi connectivity index (χ1n) is 7.04. The molecule has 0 aliphatic rings. The molecule has 0 spiro atoms. The molecule has 0 aliphatic carbocycles. The molecular weight excluding hydrogens is 311 g/mol. The van der Waals surface area contributed by atoms with Gasteiger partial charge in [-0.3, -0.25) is 4.79 Å².